The van der Waals surface area contributed by atoms with Crippen molar-refractivity contribution in [3.63, 3.8) is 0 Å². The maximum atomic E-state index is 5.99. The van der Waals surface area contributed by atoms with E-state index >= 15 is 0 Å². The van der Waals surface area contributed by atoms with Gasteiger partial charge in [0.05, 0.1) is 6.10 Å². The van der Waals surface area contributed by atoms with E-state index < -0.39 is 0 Å². The van der Waals surface area contributed by atoms with Gasteiger partial charge in [-0.3, -0.25) is 0 Å². The molecule has 20 heavy (non-hydrogen) atoms. The summed E-state index contributed by atoms with van der Waals surface area (Å²) in [6.45, 7) is 6.86. The summed E-state index contributed by atoms with van der Waals surface area (Å²) in [5.74, 6) is 1.80. The van der Waals surface area contributed by atoms with Crippen molar-refractivity contribution in [1.82, 2.24) is 5.32 Å². The zero-order valence-electron chi connectivity index (χ0n) is 13.7. The molecule has 0 radical (unpaired) electrons. The van der Waals surface area contributed by atoms with Gasteiger partial charge < -0.3 is 10.1 Å². The van der Waals surface area contributed by atoms with E-state index in [-0.39, 0.29) is 0 Å². The lowest BCUT2D eigenvalue weighted by atomic mass is 9.79. The van der Waals surface area contributed by atoms with Crippen LogP contribution >= 0.6 is 0 Å². The van der Waals surface area contributed by atoms with Crippen LogP contribution in [0.2, 0.25) is 0 Å². The summed E-state index contributed by atoms with van der Waals surface area (Å²) >= 11 is 0. The Morgan fingerprint density at radius 3 is 2.55 bits per heavy atom. The van der Waals surface area contributed by atoms with Crippen molar-refractivity contribution >= 4 is 0 Å². The Bertz CT molecular complexity index is 248. The zero-order valence-corrected chi connectivity index (χ0v) is 13.7. The van der Waals surface area contributed by atoms with Gasteiger partial charge in [0.25, 0.3) is 0 Å². The van der Waals surface area contributed by atoms with E-state index in [1.807, 2.05) is 0 Å². The third kappa shape index (κ3) is 5.73. The Balaban J connectivity index is 1.50. The monoisotopic (exact) mass is 281 g/mol. The highest BCUT2D eigenvalue weighted by Crippen LogP contribution is 2.29. The second kappa shape index (κ2) is 9.04. The predicted octanol–water partition coefficient (Wildman–Crippen LogP) is 4.53. The minimum atomic E-state index is 0.573. The standard InChI is InChI=1S/C18H35NO/c1-15(2)16-8-6-9-17(14-16)19-12-7-13-20-18-10-4-3-5-11-18/h15-19H,3-14H2,1-2H3. The summed E-state index contributed by atoms with van der Waals surface area (Å²) in [4.78, 5) is 0. The molecule has 0 aliphatic heterocycles. The third-order valence-electron chi connectivity index (χ3n) is 5.32. The molecule has 0 aromatic carbocycles. The van der Waals surface area contributed by atoms with Gasteiger partial charge >= 0.3 is 0 Å². The highest BCUT2D eigenvalue weighted by atomic mass is 16.5. The van der Waals surface area contributed by atoms with Gasteiger partial charge in [0.2, 0.25) is 0 Å². The Morgan fingerprint density at radius 1 is 1.00 bits per heavy atom. The molecule has 0 amide bonds. The molecular weight excluding hydrogens is 246 g/mol. The molecule has 2 rings (SSSR count). The van der Waals surface area contributed by atoms with Crippen LogP contribution in [0, 0.1) is 11.8 Å². The van der Waals surface area contributed by atoms with Crippen molar-refractivity contribution in [3.8, 4) is 0 Å². The molecule has 0 bridgehead atoms. The van der Waals surface area contributed by atoms with Gasteiger partial charge in [0.1, 0.15) is 0 Å². The average molecular weight is 281 g/mol. The molecule has 2 unspecified atom stereocenters. The van der Waals surface area contributed by atoms with Crippen molar-refractivity contribution in [2.45, 2.75) is 90.2 Å². The molecule has 0 heterocycles. The minimum Gasteiger partial charge on any atom is -0.378 e. The molecule has 2 aliphatic carbocycles. The number of ether oxygens (including phenoxy) is 1. The Hall–Kier alpha value is -0.0800. The van der Waals surface area contributed by atoms with Gasteiger partial charge in [-0.15, -0.1) is 0 Å². The van der Waals surface area contributed by atoms with Gasteiger partial charge in [0, 0.05) is 12.6 Å². The molecule has 2 heteroatoms. The van der Waals surface area contributed by atoms with E-state index in [1.165, 1.54) is 64.2 Å². The lowest BCUT2D eigenvalue weighted by Gasteiger charge is -2.32. The van der Waals surface area contributed by atoms with Crippen molar-refractivity contribution < 1.29 is 4.74 Å². The maximum Gasteiger partial charge on any atom is 0.0575 e. The molecule has 2 atom stereocenters. The average Bonchev–Trinajstić information content (AvgIpc) is 2.48. The highest BCUT2D eigenvalue weighted by Gasteiger charge is 2.23. The summed E-state index contributed by atoms with van der Waals surface area (Å²) in [6.07, 6.45) is 14.2. The Morgan fingerprint density at radius 2 is 1.80 bits per heavy atom. The molecule has 0 aromatic heterocycles. The second-order valence-corrected chi connectivity index (χ2v) is 7.31. The molecule has 2 fully saturated rings. The third-order valence-corrected chi connectivity index (χ3v) is 5.32. The van der Waals surface area contributed by atoms with E-state index in [9.17, 15) is 0 Å². The van der Waals surface area contributed by atoms with E-state index in [4.69, 9.17) is 4.74 Å². The van der Waals surface area contributed by atoms with Gasteiger partial charge in [-0.05, 0) is 50.5 Å². The maximum absolute atomic E-state index is 5.99. The molecule has 0 saturated heterocycles. The molecule has 2 aliphatic rings. The van der Waals surface area contributed by atoms with Gasteiger partial charge in [-0.1, -0.05) is 46.0 Å². The Kier molecular flexibility index (Phi) is 7.37. The smallest absolute Gasteiger partial charge is 0.0575 e. The van der Waals surface area contributed by atoms with Gasteiger partial charge in [0.15, 0.2) is 0 Å². The second-order valence-electron chi connectivity index (χ2n) is 7.31. The summed E-state index contributed by atoms with van der Waals surface area (Å²) in [6, 6.07) is 0.769. The number of hydrogen-bond donors (Lipinski definition) is 1. The van der Waals surface area contributed by atoms with E-state index in [2.05, 4.69) is 19.2 Å². The number of nitrogens with one attached hydrogen (secondary N) is 1. The van der Waals surface area contributed by atoms with Gasteiger partial charge in [-0.2, -0.15) is 0 Å². The molecule has 0 aromatic rings. The molecule has 0 spiro atoms. The fourth-order valence-electron chi connectivity index (χ4n) is 3.88. The van der Waals surface area contributed by atoms with Crippen LogP contribution in [0.25, 0.3) is 0 Å². The van der Waals surface area contributed by atoms with Crippen molar-refractivity contribution in [3.05, 3.63) is 0 Å². The molecule has 1 N–H and O–H groups in total. The molecule has 2 saturated carbocycles. The first-order valence-electron chi connectivity index (χ1n) is 9.10. The van der Waals surface area contributed by atoms with Crippen molar-refractivity contribution in [2.75, 3.05) is 13.2 Å². The SMILES string of the molecule is CC(C)C1CCCC(NCCCOC2CCCCC2)C1. The number of hydrogen-bond acceptors (Lipinski definition) is 2. The van der Waals surface area contributed by atoms with Crippen LogP contribution < -0.4 is 5.32 Å². The first-order valence-corrected chi connectivity index (χ1v) is 9.10. The fraction of sp³-hybridized carbons (Fsp3) is 1.00. The van der Waals surface area contributed by atoms with Crippen LogP contribution in [0.5, 0.6) is 0 Å². The fourth-order valence-corrected chi connectivity index (χ4v) is 3.88. The van der Waals surface area contributed by atoms with Crippen LogP contribution in [0.4, 0.5) is 0 Å². The van der Waals surface area contributed by atoms with E-state index in [0.29, 0.717) is 6.10 Å². The molecular formula is C18H35NO. The summed E-state index contributed by atoms with van der Waals surface area (Å²) in [5.41, 5.74) is 0. The first kappa shape index (κ1) is 16.3. The summed E-state index contributed by atoms with van der Waals surface area (Å²) in [5, 5.41) is 3.76. The van der Waals surface area contributed by atoms with Crippen LogP contribution in [0.3, 0.4) is 0 Å². The van der Waals surface area contributed by atoms with Crippen LogP contribution in [-0.2, 0) is 4.74 Å². The van der Waals surface area contributed by atoms with Crippen LogP contribution in [0.1, 0.15) is 78.1 Å². The van der Waals surface area contributed by atoms with Crippen LogP contribution in [-0.4, -0.2) is 25.3 Å². The summed E-state index contributed by atoms with van der Waals surface area (Å²) in [7, 11) is 0. The molecule has 2 nitrogen and oxygen atoms in total. The predicted molar refractivity (Wildman–Crippen MR) is 86.0 cm³/mol. The van der Waals surface area contributed by atoms with Crippen molar-refractivity contribution in [1.29, 1.82) is 0 Å². The number of rotatable bonds is 7. The summed E-state index contributed by atoms with van der Waals surface area (Å²) < 4.78 is 5.99. The topological polar surface area (TPSA) is 21.3 Å². The lowest BCUT2D eigenvalue weighted by molar-refractivity contribution is 0.0268. The molecule has 118 valence electrons. The Labute approximate surface area is 126 Å². The van der Waals surface area contributed by atoms with E-state index in [0.717, 1.165) is 31.0 Å². The quantitative estimate of drug-likeness (QED) is 0.692. The van der Waals surface area contributed by atoms with Crippen LogP contribution in [0.15, 0.2) is 0 Å². The van der Waals surface area contributed by atoms with E-state index in [1.54, 1.807) is 0 Å². The largest absolute Gasteiger partial charge is 0.378 e. The normalized spacial score (nSPS) is 28.9. The van der Waals surface area contributed by atoms with Crippen molar-refractivity contribution in [2.24, 2.45) is 11.8 Å². The first-order chi connectivity index (χ1) is 9.75. The van der Waals surface area contributed by atoms with Gasteiger partial charge in [-0.25, -0.2) is 0 Å². The lowest BCUT2D eigenvalue weighted by Crippen LogP contribution is -2.36. The highest BCUT2D eigenvalue weighted by molar-refractivity contribution is 4.79. The zero-order chi connectivity index (χ0) is 14.2. The minimum absolute atomic E-state index is 0.573.